The van der Waals surface area contributed by atoms with Gasteiger partial charge >= 0.3 is 0 Å². The molecule has 1 atom stereocenters. The van der Waals surface area contributed by atoms with Crippen molar-refractivity contribution in [1.82, 2.24) is 0 Å². The smallest absolute Gasteiger partial charge is 0.127 e. The highest BCUT2D eigenvalue weighted by molar-refractivity contribution is 7.80. The van der Waals surface area contributed by atoms with Crippen molar-refractivity contribution >= 4 is 12.6 Å². The van der Waals surface area contributed by atoms with E-state index in [4.69, 9.17) is 4.74 Å². The molecule has 0 N–H and O–H groups in total. The van der Waals surface area contributed by atoms with Crippen molar-refractivity contribution in [2.24, 2.45) is 0 Å². The molecule has 66 valence electrons. The fourth-order valence-corrected chi connectivity index (χ4v) is 1.17. The fraction of sp³-hybridized carbons (Fsp3) is 0.333. The minimum atomic E-state index is -0.238. The lowest BCUT2D eigenvalue weighted by atomic mass is 10.1. The molecule has 0 aliphatic heterocycles. The van der Waals surface area contributed by atoms with Crippen LogP contribution in [-0.4, -0.2) is 7.11 Å². The van der Waals surface area contributed by atoms with Crippen LogP contribution in [-0.2, 0) is 0 Å². The van der Waals surface area contributed by atoms with Crippen LogP contribution in [0.25, 0.3) is 0 Å². The van der Waals surface area contributed by atoms with Gasteiger partial charge in [-0.05, 0) is 25.1 Å². The summed E-state index contributed by atoms with van der Waals surface area (Å²) in [7, 11) is 1.56. The first kappa shape index (κ1) is 9.39. The number of methoxy groups -OCH3 is 1. The molecular formula is C9H11FOS. The molecule has 0 aliphatic rings. The number of rotatable bonds is 2. The Labute approximate surface area is 77.0 Å². The molecule has 0 aromatic heterocycles. The van der Waals surface area contributed by atoms with E-state index in [0.29, 0.717) is 11.3 Å². The van der Waals surface area contributed by atoms with Crippen LogP contribution in [0.2, 0.25) is 0 Å². The summed E-state index contributed by atoms with van der Waals surface area (Å²) in [6, 6.07) is 4.64. The Bertz CT molecular complexity index is 273. The van der Waals surface area contributed by atoms with Crippen molar-refractivity contribution < 1.29 is 9.13 Å². The largest absolute Gasteiger partial charge is 0.497 e. The van der Waals surface area contributed by atoms with Gasteiger partial charge in [-0.1, -0.05) is 0 Å². The van der Waals surface area contributed by atoms with E-state index in [1.165, 1.54) is 6.07 Å². The van der Waals surface area contributed by atoms with E-state index >= 15 is 0 Å². The molecule has 1 rings (SSSR count). The third-order valence-corrected chi connectivity index (χ3v) is 1.93. The molecule has 1 unspecified atom stereocenters. The quantitative estimate of drug-likeness (QED) is 0.699. The molecule has 0 radical (unpaired) electrons. The predicted molar refractivity (Wildman–Crippen MR) is 50.4 cm³/mol. The summed E-state index contributed by atoms with van der Waals surface area (Å²) in [4.78, 5) is 0. The number of hydrogen-bond acceptors (Lipinski definition) is 2. The van der Waals surface area contributed by atoms with Crippen LogP contribution in [0.3, 0.4) is 0 Å². The second kappa shape index (κ2) is 3.81. The minimum Gasteiger partial charge on any atom is -0.497 e. The van der Waals surface area contributed by atoms with Crippen LogP contribution in [0.5, 0.6) is 5.75 Å². The molecule has 0 amide bonds. The zero-order valence-electron chi connectivity index (χ0n) is 7.04. The average Bonchev–Trinajstić information content (AvgIpc) is 2.05. The number of hydrogen-bond donors (Lipinski definition) is 1. The van der Waals surface area contributed by atoms with E-state index in [2.05, 4.69) is 12.6 Å². The van der Waals surface area contributed by atoms with Gasteiger partial charge in [0, 0.05) is 10.8 Å². The highest BCUT2D eigenvalue weighted by Crippen LogP contribution is 2.25. The van der Waals surface area contributed by atoms with Gasteiger partial charge in [-0.2, -0.15) is 12.6 Å². The van der Waals surface area contributed by atoms with E-state index < -0.39 is 0 Å². The van der Waals surface area contributed by atoms with Crippen LogP contribution < -0.4 is 4.74 Å². The lowest BCUT2D eigenvalue weighted by Crippen LogP contribution is -1.92. The SMILES string of the molecule is COc1ccc(F)c(C(C)S)c1. The summed E-state index contributed by atoms with van der Waals surface area (Å²) in [5.41, 5.74) is 0.567. The van der Waals surface area contributed by atoms with Gasteiger partial charge in [-0.15, -0.1) is 0 Å². The van der Waals surface area contributed by atoms with Crippen molar-refractivity contribution in [2.75, 3.05) is 7.11 Å². The molecule has 3 heteroatoms. The normalized spacial score (nSPS) is 12.7. The van der Waals surface area contributed by atoms with Gasteiger partial charge in [0.2, 0.25) is 0 Å². The van der Waals surface area contributed by atoms with Gasteiger partial charge in [-0.3, -0.25) is 0 Å². The van der Waals surface area contributed by atoms with Crippen molar-refractivity contribution in [3.05, 3.63) is 29.6 Å². The fourth-order valence-electron chi connectivity index (χ4n) is 0.969. The topological polar surface area (TPSA) is 9.23 Å². The monoisotopic (exact) mass is 186 g/mol. The molecule has 0 heterocycles. The number of ether oxygens (including phenoxy) is 1. The first-order valence-electron chi connectivity index (χ1n) is 3.66. The van der Waals surface area contributed by atoms with Gasteiger partial charge < -0.3 is 4.74 Å². The molecule has 0 saturated heterocycles. The Morgan fingerprint density at radius 1 is 1.50 bits per heavy atom. The third-order valence-electron chi connectivity index (χ3n) is 1.65. The Balaban J connectivity index is 3.08. The van der Waals surface area contributed by atoms with Crippen molar-refractivity contribution in [1.29, 1.82) is 0 Å². The summed E-state index contributed by atoms with van der Waals surface area (Å²) >= 11 is 4.15. The Morgan fingerprint density at radius 2 is 2.17 bits per heavy atom. The van der Waals surface area contributed by atoms with Gasteiger partial charge in [-0.25, -0.2) is 4.39 Å². The molecule has 0 aliphatic carbocycles. The standard InChI is InChI=1S/C9H11FOS/c1-6(12)8-5-7(11-2)3-4-9(8)10/h3-6,12H,1-2H3. The molecule has 0 saturated carbocycles. The van der Waals surface area contributed by atoms with E-state index in [0.717, 1.165) is 0 Å². The molecule has 12 heavy (non-hydrogen) atoms. The maximum Gasteiger partial charge on any atom is 0.127 e. The van der Waals surface area contributed by atoms with Crippen molar-refractivity contribution in [3.8, 4) is 5.75 Å². The second-order valence-electron chi connectivity index (χ2n) is 2.56. The highest BCUT2D eigenvalue weighted by atomic mass is 32.1. The summed E-state index contributed by atoms with van der Waals surface area (Å²) in [6.45, 7) is 1.82. The van der Waals surface area contributed by atoms with Crippen LogP contribution in [0.15, 0.2) is 18.2 Å². The van der Waals surface area contributed by atoms with Crippen LogP contribution >= 0.6 is 12.6 Å². The molecule has 0 bridgehead atoms. The summed E-state index contributed by atoms with van der Waals surface area (Å²) in [5, 5.41) is -0.111. The lowest BCUT2D eigenvalue weighted by molar-refractivity contribution is 0.413. The molecule has 0 fully saturated rings. The Hall–Kier alpha value is -0.700. The van der Waals surface area contributed by atoms with Gasteiger partial charge in [0.05, 0.1) is 7.11 Å². The molecular weight excluding hydrogens is 175 g/mol. The van der Waals surface area contributed by atoms with E-state index in [-0.39, 0.29) is 11.1 Å². The summed E-state index contributed by atoms with van der Waals surface area (Å²) in [5.74, 6) is 0.422. The maximum atomic E-state index is 13.1. The number of thiol groups is 1. The maximum absolute atomic E-state index is 13.1. The van der Waals surface area contributed by atoms with Gasteiger partial charge in [0.25, 0.3) is 0 Å². The van der Waals surface area contributed by atoms with E-state index in [1.54, 1.807) is 19.2 Å². The minimum absolute atomic E-state index is 0.111. The molecule has 1 nitrogen and oxygen atoms in total. The predicted octanol–water partition coefficient (Wildman–Crippen LogP) is 2.83. The van der Waals surface area contributed by atoms with Crippen molar-refractivity contribution in [2.45, 2.75) is 12.2 Å². The van der Waals surface area contributed by atoms with Crippen LogP contribution in [0.1, 0.15) is 17.7 Å². The zero-order valence-corrected chi connectivity index (χ0v) is 7.94. The summed E-state index contributed by atoms with van der Waals surface area (Å²) < 4.78 is 18.0. The van der Waals surface area contributed by atoms with Gasteiger partial charge in [0.15, 0.2) is 0 Å². The third kappa shape index (κ3) is 1.91. The molecule has 1 aromatic rings. The number of halogens is 1. The lowest BCUT2D eigenvalue weighted by Gasteiger charge is -2.07. The zero-order chi connectivity index (χ0) is 9.14. The van der Waals surface area contributed by atoms with Crippen molar-refractivity contribution in [3.63, 3.8) is 0 Å². The second-order valence-corrected chi connectivity index (χ2v) is 3.34. The average molecular weight is 186 g/mol. The Kier molecular flexibility index (Phi) is 2.98. The first-order chi connectivity index (χ1) is 5.65. The highest BCUT2D eigenvalue weighted by Gasteiger charge is 2.07. The van der Waals surface area contributed by atoms with Crippen LogP contribution in [0.4, 0.5) is 4.39 Å². The first-order valence-corrected chi connectivity index (χ1v) is 4.18. The Morgan fingerprint density at radius 3 is 2.67 bits per heavy atom. The number of benzene rings is 1. The van der Waals surface area contributed by atoms with E-state index in [9.17, 15) is 4.39 Å². The van der Waals surface area contributed by atoms with Gasteiger partial charge in [0.1, 0.15) is 11.6 Å². The molecule has 0 spiro atoms. The van der Waals surface area contributed by atoms with Crippen LogP contribution in [0, 0.1) is 5.82 Å². The summed E-state index contributed by atoms with van der Waals surface area (Å²) in [6.07, 6.45) is 0. The molecule has 1 aromatic carbocycles. The van der Waals surface area contributed by atoms with E-state index in [1.807, 2.05) is 6.92 Å².